The summed E-state index contributed by atoms with van der Waals surface area (Å²) < 4.78 is 65.2. The quantitative estimate of drug-likeness (QED) is 0.904. The number of sulfonamides is 1. The van der Waals surface area contributed by atoms with Gasteiger partial charge < -0.3 is 5.73 Å². The number of alkyl halides is 3. The largest absolute Gasteiger partial charge is 0.416 e. The summed E-state index contributed by atoms with van der Waals surface area (Å²) in [6, 6.07) is 12.6. The van der Waals surface area contributed by atoms with E-state index in [2.05, 4.69) is 0 Å². The van der Waals surface area contributed by atoms with Crippen molar-refractivity contribution in [1.82, 2.24) is 4.31 Å². The first-order valence-corrected chi connectivity index (χ1v) is 9.11. The second-order valence-electron chi connectivity index (χ2n) is 6.03. The minimum Gasteiger partial charge on any atom is -0.326 e. The van der Waals surface area contributed by atoms with Gasteiger partial charge in [0, 0.05) is 25.0 Å². The highest BCUT2D eigenvalue weighted by Gasteiger charge is 2.39. The Hall–Kier alpha value is -1.90. The zero-order chi connectivity index (χ0) is 18.2. The molecule has 0 amide bonds. The third-order valence-electron chi connectivity index (χ3n) is 4.36. The predicted molar refractivity (Wildman–Crippen MR) is 87.4 cm³/mol. The molecule has 0 aliphatic carbocycles. The summed E-state index contributed by atoms with van der Waals surface area (Å²) in [4.78, 5) is -0.372. The van der Waals surface area contributed by atoms with Crippen LogP contribution in [0.3, 0.4) is 0 Å². The molecule has 1 fully saturated rings. The van der Waals surface area contributed by atoms with Gasteiger partial charge in [0.25, 0.3) is 0 Å². The second-order valence-corrected chi connectivity index (χ2v) is 7.97. The van der Waals surface area contributed by atoms with E-state index in [1.54, 1.807) is 0 Å². The van der Waals surface area contributed by atoms with Crippen LogP contribution >= 0.6 is 0 Å². The van der Waals surface area contributed by atoms with Gasteiger partial charge >= 0.3 is 6.18 Å². The Labute approximate surface area is 144 Å². The number of hydrogen-bond acceptors (Lipinski definition) is 3. The van der Waals surface area contributed by atoms with Crippen LogP contribution in [0.2, 0.25) is 0 Å². The van der Waals surface area contributed by atoms with Crippen LogP contribution in [0, 0.1) is 0 Å². The molecule has 1 aliphatic rings. The summed E-state index contributed by atoms with van der Waals surface area (Å²) in [5.74, 6) is -0.193. The fourth-order valence-corrected chi connectivity index (χ4v) is 4.57. The molecule has 3 rings (SSSR count). The lowest BCUT2D eigenvalue weighted by Crippen LogP contribution is -2.32. The fourth-order valence-electron chi connectivity index (χ4n) is 3.02. The predicted octanol–water partition coefficient (Wildman–Crippen LogP) is 2.82. The van der Waals surface area contributed by atoms with Crippen molar-refractivity contribution in [3.8, 4) is 0 Å². The van der Waals surface area contributed by atoms with Gasteiger partial charge in [-0.3, -0.25) is 0 Å². The van der Waals surface area contributed by atoms with Gasteiger partial charge in [0.1, 0.15) is 0 Å². The smallest absolute Gasteiger partial charge is 0.326 e. The summed E-state index contributed by atoms with van der Waals surface area (Å²) >= 11 is 0. The molecule has 0 radical (unpaired) electrons. The molecule has 0 saturated carbocycles. The molecule has 1 heterocycles. The number of hydrogen-bond donors (Lipinski definition) is 1. The van der Waals surface area contributed by atoms with E-state index in [1.165, 1.54) is 6.07 Å². The van der Waals surface area contributed by atoms with E-state index in [9.17, 15) is 21.6 Å². The molecule has 2 N–H and O–H groups in total. The molecular weight excluding hydrogens is 353 g/mol. The number of benzene rings is 2. The van der Waals surface area contributed by atoms with Crippen molar-refractivity contribution in [3.05, 3.63) is 65.7 Å². The first kappa shape index (κ1) is 17.9. The van der Waals surface area contributed by atoms with Gasteiger partial charge in [-0.2, -0.15) is 17.5 Å². The molecule has 2 aromatic rings. The molecule has 0 unspecified atom stereocenters. The molecule has 1 aliphatic heterocycles. The van der Waals surface area contributed by atoms with Crippen LogP contribution < -0.4 is 5.73 Å². The van der Waals surface area contributed by atoms with Crippen molar-refractivity contribution in [2.45, 2.75) is 23.0 Å². The summed E-state index contributed by atoms with van der Waals surface area (Å²) in [5.41, 5.74) is 6.01. The van der Waals surface area contributed by atoms with Crippen LogP contribution in [-0.2, 0) is 16.2 Å². The van der Waals surface area contributed by atoms with Crippen molar-refractivity contribution in [2.24, 2.45) is 5.73 Å². The summed E-state index contributed by atoms with van der Waals surface area (Å²) in [6.45, 7) is 0.210. The van der Waals surface area contributed by atoms with Gasteiger partial charge in [-0.15, -0.1) is 0 Å². The lowest BCUT2D eigenvalue weighted by molar-refractivity contribution is -0.137. The lowest BCUT2D eigenvalue weighted by atomic mass is 9.95. The maximum Gasteiger partial charge on any atom is 0.416 e. The molecule has 0 bridgehead atoms. The molecular formula is C17H17F3N2O2S. The van der Waals surface area contributed by atoms with Crippen molar-refractivity contribution >= 4 is 10.0 Å². The van der Waals surface area contributed by atoms with E-state index in [1.807, 2.05) is 30.3 Å². The zero-order valence-corrected chi connectivity index (χ0v) is 14.0. The highest BCUT2D eigenvalue weighted by Crippen LogP contribution is 2.33. The van der Waals surface area contributed by atoms with Gasteiger partial charge in [-0.1, -0.05) is 36.4 Å². The minimum atomic E-state index is -4.60. The molecule has 134 valence electrons. The lowest BCUT2D eigenvalue weighted by Gasteiger charge is -2.17. The van der Waals surface area contributed by atoms with Crippen molar-refractivity contribution in [1.29, 1.82) is 0 Å². The summed E-state index contributed by atoms with van der Waals surface area (Å²) in [7, 11) is -4.04. The molecule has 4 nitrogen and oxygen atoms in total. The molecule has 2 atom stereocenters. The topological polar surface area (TPSA) is 63.4 Å². The Morgan fingerprint density at radius 2 is 1.68 bits per heavy atom. The van der Waals surface area contributed by atoms with E-state index >= 15 is 0 Å². The van der Waals surface area contributed by atoms with Gasteiger partial charge in [0.05, 0.1) is 10.5 Å². The van der Waals surface area contributed by atoms with Crippen LogP contribution in [0.4, 0.5) is 13.2 Å². The third-order valence-corrected chi connectivity index (χ3v) is 6.19. The van der Waals surface area contributed by atoms with E-state index < -0.39 is 27.8 Å². The van der Waals surface area contributed by atoms with E-state index in [4.69, 9.17) is 5.73 Å². The molecule has 1 saturated heterocycles. The molecule has 0 aromatic heterocycles. The van der Waals surface area contributed by atoms with Gasteiger partial charge in [0.15, 0.2) is 0 Å². The maximum atomic E-state index is 12.9. The Balaban J connectivity index is 1.89. The Kier molecular flexibility index (Phi) is 4.61. The normalized spacial score (nSPS) is 22.2. The monoisotopic (exact) mass is 370 g/mol. The maximum absolute atomic E-state index is 12.9. The van der Waals surface area contributed by atoms with Gasteiger partial charge in [0.2, 0.25) is 10.0 Å². The van der Waals surface area contributed by atoms with Gasteiger partial charge in [-0.05, 0) is 23.8 Å². The number of nitrogens with two attached hydrogens (primary N) is 1. The average Bonchev–Trinajstić information content (AvgIpc) is 2.98. The number of rotatable bonds is 3. The summed E-state index contributed by atoms with van der Waals surface area (Å²) in [5, 5.41) is 0. The molecule has 0 spiro atoms. The van der Waals surface area contributed by atoms with Crippen LogP contribution in [0.25, 0.3) is 0 Å². The first-order valence-electron chi connectivity index (χ1n) is 7.67. The SMILES string of the molecule is N[C@@H]1CN(S(=O)(=O)c2cccc(C(F)(F)F)c2)C[C@H]1c1ccccc1. The molecule has 25 heavy (non-hydrogen) atoms. The fraction of sp³-hybridized carbons (Fsp3) is 0.294. The van der Waals surface area contributed by atoms with Gasteiger partial charge in [-0.25, -0.2) is 8.42 Å². The van der Waals surface area contributed by atoms with E-state index in [0.29, 0.717) is 6.07 Å². The minimum absolute atomic E-state index is 0.0676. The van der Waals surface area contributed by atoms with E-state index in [-0.39, 0.29) is 23.9 Å². The number of halogens is 3. The van der Waals surface area contributed by atoms with Crippen molar-refractivity contribution < 1.29 is 21.6 Å². The first-order chi connectivity index (χ1) is 11.7. The number of nitrogens with zero attached hydrogens (tertiary/aromatic N) is 1. The highest BCUT2D eigenvalue weighted by molar-refractivity contribution is 7.89. The Bertz CT molecular complexity index is 854. The molecule has 2 aromatic carbocycles. The van der Waals surface area contributed by atoms with Crippen LogP contribution in [0.5, 0.6) is 0 Å². The standard InChI is InChI=1S/C17H17F3N2O2S/c18-17(19,20)13-7-4-8-14(9-13)25(23,24)22-10-15(16(21)11-22)12-5-2-1-3-6-12/h1-9,15-16H,10-11,21H2/t15-,16+/m0/s1. The van der Waals surface area contributed by atoms with Crippen LogP contribution in [0.15, 0.2) is 59.5 Å². The zero-order valence-electron chi connectivity index (χ0n) is 13.1. The third kappa shape index (κ3) is 3.56. The highest BCUT2D eigenvalue weighted by atomic mass is 32.2. The summed E-state index contributed by atoms with van der Waals surface area (Å²) in [6.07, 6.45) is -4.60. The Morgan fingerprint density at radius 3 is 2.32 bits per heavy atom. The molecule has 8 heteroatoms. The average molecular weight is 370 g/mol. The van der Waals surface area contributed by atoms with E-state index in [0.717, 1.165) is 22.0 Å². The van der Waals surface area contributed by atoms with Crippen molar-refractivity contribution in [2.75, 3.05) is 13.1 Å². The van der Waals surface area contributed by atoms with Crippen LogP contribution in [0.1, 0.15) is 17.0 Å². The van der Waals surface area contributed by atoms with Crippen LogP contribution in [-0.4, -0.2) is 31.9 Å². The second kappa shape index (κ2) is 6.44. The Morgan fingerprint density at radius 1 is 1.00 bits per heavy atom. The van der Waals surface area contributed by atoms with Crippen molar-refractivity contribution in [3.63, 3.8) is 0 Å².